The maximum atomic E-state index is 13.3. The van der Waals surface area contributed by atoms with Crippen LogP contribution in [0.1, 0.15) is 5.56 Å². The van der Waals surface area contributed by atoms with E-state index in [-0.39, 0.29) is 5.75 Å². The van der Waals surface area contributed by atoms with Gasteiger partial charge in [-0.25, -0.2) is 9.37 Å². The summed E-state index contributed by atoms with van der Waals surface area (Å²) in [7, 11) is 0. The fourth-order valence-electron chi connectivity index (χ4n) is 1.96. The van der Waals surface area contributed by atoms with E-state index in [0.717, 1.165) is 16.6 Å². The Kier molecular flexibility index (Phi) is 2.30. The summed E-state index contributed by atoms with van der Waals surface area (Å²) in [6.07, 6.45) is 0. The van der Waals surface area contributed by atoms with Gasteiger partial charge in [-0.05, 0) is 36.8 Å². The maximum Gasteiger partial charge on any atom is 0.165 e. The second-order valence-corrected chi connectivity index (χ2v) is 4.24. The standard InChI is InChI=1S/C14H11FN2O/c1-8-5-6-11-12(7-8)17-14(16-11)9-3-2-4-10(15)13(9)18/h2-7,18H,1H3,(H,16,17). The molecule has 0 saturated carbocycles. The fraction of sp³-hybridized carbons (Fsp3) is 0.0714. The van der Waals surface area contributed by atoms with E-state index in [1.165, 1.54) is 6.07 Å². The number of halogens is 1. The van der Waals surface area contributed by atoms with Crippen molar-refractivity contribution in [3.8, 4) is 17.1 Å². The monoisotopic (exact) mass is 242 g/mol. The maximum absolute atomic E-state index is 13.3. The molecule has 3 nitrogen and oxygen atoms in total. The van der Waals surface area contributed by atoms with Crippen molar-refractivity contribution >= 4 is 11.0 Å². The van der Waals surface area contributed by atoms with E-state index < -0.39 is 5.82 Å². The molecular formula is C14H11FN2O. The Morgan fingerprint density at radius 2 is 2.06 bits per heavy atom. The first kappa shape index (κ1) is 10.8. The molecule has 0 bridgehead atoms. The summed E-state index contributed by atoms with van der Waals surface area (Å²) in [6.45, 7) is 1.99. The van der Waals surface area contributed by atoms with Gasteiger partial charge in [0.2, 0.25) is 0 Å². The van der Waals surface area contributed by atoms with E-state index in [4.69, 9.17) is 0 Å². The predicted octanol–water partition coefficient (Wildman–Crippen LogP) is 3.38. The number of aryl methyl sites for hydroxylation is 1. The van der Waals surface area contributed by atoms with Gasteiger partial charge in [0, 0.05) is 0 Å². The highest BCUT2D eigenvalue weighted by Crippen LogP contribution is 2.30. The first-order chi connectivity index (χ1) is 8.65. The van der Waals surface area contributed by atoms with Gasteiger partial charge < -0.3 is 10.1 Å². The van der Waals surface area contributed by atoms with Crippen molar-refractivity contribution in [2.75, 3.05) is 0 Å². The van der Waals surface area contributed by atoms with Gasteiger partial charge >= 0.3 is 0 Å². The first-order valence-electron chi connectivity index (χ1n) is 5.59. The van der Waals surface area contributed by atoms with Crippen LogP contribution in [0.15, 0.2) is 36.4 Å². The molecule has 0 spiro atoms. The third kappa shape index (κ3) is 1.62. The minimum atomic E-state index is -0.649. The van der Waals surface area contributed by atoms with Gasteiger partial charge in [0.15, 0.2) is 11.6 Å². The molecule has 18 heavy (non-hydrogen) atoms. The van der Waals surface area contributed by atoms with E-state index in [1.54, 1.807) is 12.1 Å². The van der Waals surface area contributed by atoms with Gasteiger partial charge in [0.05, 0.1) is 16.6 Å². The number of aromatic amines is 1. The van der Waals surface area contributed by atoms with Crippen LogP contribution in [-0.2, 0) is 0 Å². The number of hydrogen-bond donors (Lipinski definition) is 2. The molecule has 90 valence electrons. The minimum Gasteiger partial charge on any atom is -0.504 e. The molecule has 0 fully saturated rings. The van der Waals surface area contributed by atoms with E-state index >= 15 is 0 Å². The van der Waals surface area contributed by atoms with Crippen LogP contribution in [0.2, 0.25) is 0 Å². The molecule has 1 aromatic heterocycles. The SMILES string of the molecule is Cc1ccc2nc(-c3cccc(F)c3O)[nH]c2c1. The highest BCUT2D eigenvalue weighted by molar-refractivity contribution is 5.81. The number of nitrogens with zero attached hydrogens (tertiary/aromatic N) is 1. The van der Waals surface area contributed by atoms with Crippen molar-refractivity contribution in [1.82, 2.24) is 9.97 Å². The molecule has 1 heterocycles. The Balaban J connectivity index is 2.22. The molecule has 3 aromatic rings. The Bertz CT molecular complexity index is 734. The molecule has 0 saturated heterocycles. The van der Waals surface area contributed by atoms with Crippen LogP contribution >= 0.6 is 0 Å². The zero-order valence-electron chi connectivity index (χ0n) is 9.74. The summed E-state index contributed by atoms with van der Waals surface area (Å²) in [6, 6.07) is 10.2. The van der Waals surface area contributed by atoms with E-state index in [9.17, 15) is 9.50 Å². The lowest BCUT2D eigenvalue weighted by atomic mass is 10.2. The third-order valence-corrected chi connectivity index (χ3v) is 2.88. The number of H-pyrrole nitrogens is 1. The van der Waals surface area contributed by atoms with Crippen molar-refractivity contribution < 1.29 is 9.50 Å². The highest BCUT2D eigenvalue weighted by atomic mass is 19.1. The van der Waals surface area contributed by atoms with Crippen LogP contribution in [0.4, 0.5) is 4.39 Å². The van der Waals surface area contributed by atoms with Gasteiger partial charge in [-0.1, -0.05) is 12.1 Å². The van der Waals surface area contributed by atoms with Gasteiger partial charge in [-0.15, -0.1) is 0 Å². The van der Waals surface area contributed by atoms with Gasteiger partial charge in [-0.2, -0.15) is 0 Å². The average Bonchev–Trinajstić information content (AvgIpc) is 2.75. The Labute approximate surface area is 103 Å². The Morgan fingerprint density at radius 1 is 1.22 bits per heavy atom. The van der Waals surface area contributed by atoms with Crippen LogP contribution in [0.25, 0.3) is 22.4 Å². The minimum absolute atomic E-state index is 0.365. The van der Waals surface area contributed by atoms with Gasteiger partial charge in [-0.3, -0.25) is 0 Å². The summed E-state index contributed by atoms with van der Waals surface area (Å²) in [5.74, 6) is -0.565. The number of rotatable bonds is 1. The molecule has 0 amide bonds. The first-order valence-corrected chi connectivity index (χ1v) is 5.59. The molecular weight excluding hydrogens is 231 g/mol. The number of hydrogen-bond acceptors (Lipinski definition) is 2. The number of fused-ring (bicyclic) bond motifs is 1. The zero-order chi connectivity index (χ0) is 12.7. The van der Waals surface area contributed by atoms with Crippen LogP contribution in [0, 0.1) is 12.7 Å². The quantitative estimate of drug-likeness (QED) is 0.687. The summed E-state index contributed by atoms with van der Waals surface area (Å²) >= 11 is 0. The zero-order valence-corrected chi connectivity index (χ0v) is 9.74. The summed E-state index contributed by atoms with van der Waals surface area (Å²) in [5, 5.41) is 9.70. The fourth-order valence-corrected chi connectivity index (χ4v) is 1.96. The van der Waals surface area contributed by atoms with Crippen LogP contribution in [-0.4, -0.2) is 15.1 Å². The van der Waals surface area contributed by atoms with Crippen LogP contribution < -0.4 is 0 Å². The largest absolute Gasteiger partial charge is 0.504 e. The number of benzene rings is 2. The highest BCUT2D eigenvalue weighted by Gasteiger charge is 2.12. The average molecular weight is 242 g/mol. The number of phenolic OH excluding ortho intramolecular Hbond substituents is 1. The molecule has 0 unspecified atom stereocenters. The smallest absolute Gasteiger partial charge is 0.165 e. The third-order valence-electron chi connectivity index (χ3n) is 2.88. The van der Waals surface area contributed by atoms with Gasteiger partial charge in [0.1, 0.15) is 5.82 Å². The lowest BCUT2D eigenvalue weighted by molar-refractivity contribution is 0.434. The molecule has 3 rings (SSSR count). The predicted molar refractivity (Wildman–Crippen MR) is 67.9 cm³/mol. The van der Waals surface area contributed by atoms with Crippen molar-refractivity contribution in [1.29, 1.82) is 0 Å². The number of para-hydroxylation sites is 1. The summed E-state index contributed by atoms with van der Waals surface area (Å²) in [5.41, 5.74) is 3.14. The van der Waals surface area contributed by atoms with E-state index in [2.05, 4.69) is 9.97 Å². The van der Waals surface area contributed by atoms with Crippen LogP contribution in [0.5, 0.6) is 5.75 Å². The van der Waals surface area contributed by atoms with Crippen molar-refractivity contribution in [2.45, 2.75) is 6.92 Å². The second kappa shape index (κ2) is 3.84. The summed E-state index contributed by atoms with van der Waals surface area (Å²) < 4.78 is 13.3. The number of phenols is 1. The van der Waals surface area contributed by atoms with Gasteiger partial charge in [0.25, 0.3) is 0 Å². The molecule has 0 aliphatic rings. The Morgan fingerprint density at radius 3 is 2.89 bits per heavy atom. The van der Waals surface area contributed by atoms with E-state index in [1.807, 2.05) is 25.1 Å². The number of aromatic nitrogens is 2. The lowest BCUT2D eigenvalue weighted by Crippen LogP contribution is -1.84. The topological polar surface area (TPSA) is 48.9 Å². The molecule has 0 radical (unpaired) electrons. The van der Waals surface area contributed by atoms with Crippen molar-refractivity contribution in [2.24, 2.45) is 0 Å². The molecule has 2 aromatic carbocycles. The van der Waals surface area contributed by atoms with E-state index in [0.29, 0.717) is 11.4 Å². The number of aromatic hydroxyl groups is 1. The molecule has 2 N–H and O–H groups in total. The number of nitrogens with one attached hydrogen (secondary N) is 1. The number of imidazole rings is 1. The van der Waals surface area contributed by atoms with Crippen LogP contribution in [0.3, 0.4) is 0 Å². The van der Waals surface area contributed by atoms with Crippen molar-refractivity contribution in [3.63, 3.8) is 0 Å². The van der Waals surface area contributed by atoms with Crippen molar-refractivity contribution in [3.05, 3.63) is 47.8 Å². The summed E-state index contributed by atoms with van der Waals surface area (Å²) in [4.78, 5) is 7.43. The molecule has 0 aliphatic heterocycles. The second-order valence-electron chi connectivity index (χ2n) is 4.24. The Hall–Kier alpha value is -2.36. The molecule has 4 heteroatoms. The lowest BCUT2D eigenvalue weighted by Gasteiger charge is -2.01. The molecule has 0 aliphatic carbocycles. The normalized spacial score (nSPS) is 11.0. The molecule has 0 atom stereocenters.